The van der Waals surface area contributed by atoms with Gasteiger partial charge in [-0.3, -0.25) is 10.1 Å². The Morgan fingerprint density at radius 1 is 1.25 bits per heavy atom. The lowest BCUT2D eigenvalue weighted by molar-refractivity contribution is -0.384. The smallest absolute Gasteiger partial charge is 0.422 e. The van der Waals surface area contributed by atoms with Crippen LogP contribution in [0.25, 0.3) is 0 Å². The van der Waals surface area contributed by atoms with Gasteiger partial charge >= 0.3 is 6.18 Å². The number of hydrogen-bond donors (Lipinski definition) is 1. The number of nitrogens with zero attached hydrogens (tertiary/aromatic N) is 2. The van der Waals surface area contributed by atoms with Gasteiger partial charge in [0, 0.05) is 30.9 Å². The summed E-state index contributed by atoms with van der Waals surface area (Å²) in [6.45, 7) is -1.38. The van der Waals surface area contributed by atoms with E-state index in [1.807, 2.05) is 0 Å². The second-order valence-corrected chi connectivity index (χ2v) is 4.68. The molecule has 0 fully saturated rings. The molecule has 2 rings (SSSR count). The average molecular weight is 345 g/mol. The summed E-state index contributed by atoms with van der Waals surface area (Å²) in [7, 11) is 0. The van der Waals surface area contributed by atoms with Crippen LogP contribution in [0.15, 0.2) is 36.5 Å². The monoisotopic (exact) mass is 345 g/mol. The molecule has 0 unspecified atom stereocenters. The molecular formula is C14H11F4N3O3. The maximum Gasteiger partial charge on any atom is 0.422 e. The van der Waals surface area contributed by atoms with Crippen LogP contribution < -0.4 is 10.1 Å². The number of pyridine rings is 1. The first-order chi connectivity index (χ1) is 11.2. The topological polar surface area (TPSA) is 77.3 Å². The second kappa shape index (κ2) is 7.11. The quantitative estimate of drug-likeness (QED) is 0.491. The van der Waals surface area contributed by atoms with Crippen molar-refractivity contribution in [1.29, 1.82) is 0 Å². The zero-order chi connectivity index (χ0) is 17.7. The third-order valence-electron chi connectivity index (χ3n) is 2.82. The average Bonchev–Trinajstić information content (AvgIpc) is 2.51. The summed E-state index contributed by atoms with van der Waals surface area (Å²) in [5.41, 5.74) is 0.208. The predicted molar refractivity (Wildman–Crippen MR) is 76.2 cm³/mol. The molecule has 0 bridgehead atoms. The van der Waals surface area contributed by atoms with Crippen molar-refractivity contribution >= 4 is 11.4 Å². The van der Waals surface area contributed by atoms with E-state index < -0.39 is 23.5 Å². The molecule has 0 radical (unpaired) electrons. The van der Waals surface area contributed by atoms with Crippen LogP contribution >= 0.6 is 0 Å². The van der Waals surface area contributed by atoms with Crippen LogP contribution in [0.5, 0.6) is 5.88 Å². The first-order valence-electron chi connectivity index (χ1n) is 6.57. The highest BCUT2D eigenvalue weighted by molar-refractivity contribution is 5.61. The van der Waals surface area contributed by atoms with Crippen LogP contribution in [0, 0.1) is 15.9 Å². The van der Waals surface area contributed by atoms with Crippen molar-refractivity contribution in [2.75, 3.05) is 11.9 Å². The highest BCUT2D eigenvalue weighted by atomic mass is 19.4. The molecule has 0 aliphatic rings. The molecule has 0 atom stereocenters. The van der Waals surface area contributed by atoms with Gasteiger partial charge in [-0.25, -0.2) is 9.37 Å². The fourth-order valence-electron chi connectivity index (χ4n) is 1.76. The molecule has 24 heavy (non-hydrogen) atoms. The maximum absolute atomic E-state index is 13.2. The fourth-order valence-corrected chi connectivity index (χ4v) is 1.76. The van der Waals surface area contributed by atoms with Crippen LogP contribution in [0.4, 0.5) is 28.9 Å². The minimum absolute atomic E-state index is 0.0163. The Morgan fingerprint density at radius 2 is 2.00 bits per heavy atom. The predicted octanol–water partition coefficient (Wildman–Crippen LogP) is 3.68. The van der Waals surface area contributed by atoms with Crippen molar-refractivity contribution in [2.24, 2.45) is 0 Å². The van der Waals surface area contributed by atoms with E-state index in [2.05, 4.69) is 15.0 Å². The molecule has 128 valence electrons. The first-order valence-corrected chi connectivity index (χ1v) is 6.57. The van der Waals surface area contributed by atoms with Crippen molar-refractivity contribution in [2.45, 2.75) is 12.7 Å². The van der Waals surface area contributed by atoms with Crippen molar-refractivity contribution in [3.05, 3.63) is 58.0 Å². The fraction of sp³-hybridized carbons (Fsp3) is 0.214. The number of rotatable bonds is 6. The number of nitro benzene ring substituents is 1. The van der Waals surface area contributed by atoms with E-state index in [0.717, 1.165) is 18.2 Å². The summed E-state index contributed by atoms with van der Waals surface area (Å²) in [5, 5.41) is 13.5. The van der Waals surface area contributed by atoms with Gasteiger partial charge in [0.2, 0.25) is 5.88 Å². The van der Waals surface area contributed by atoms with Gasteiger partial charge in [0.25, 0.3) is 5.69 Å². The molecule has 0 amide bonds. The van der Waals surface area contributed by atoms with Gasteiger partial charge in [-0.1, -0.05) is 6.07 Å². The summed E-state index contributed by atoms with van der Waals surface area (Å²) in [4.78, 5) is 13.9. The lowest BCUT2D eigenvalue weighted by Crippen LogP contribution is -2.19. The summed E-state index contributed by atoms with van der Waals surface area (Å²) in [6, 6.07) is 5.66. The number of ether oxygens (including phenoxy) is 1. The van der Waals surface area contributed by atoms with Crippen LogP contribution in [0.3, 0.4) is 0 Å². The Kier molecular flexibility index (Phi) is 5.17. The summed E-state index contributed by atoms with van der Waals surface area (Å²) >= 11 is 0. The maximum atomic E-state index is 13.2. The second-order valence-electron chi connectivity index (χ2n) is 4.68. The van der Waals surface area contributed by atoms with Gasteiger partial charge in [-0.05, 0) is 11.6 Å². The molecule has 1 heterocycles. The molecule has 1 N–H and O–H groups in total. The molecular weight excluding hydrogens is 334 g/mol. The number of alkyl halides is 3. The normalized spacial score (nSPS) is 11.2. The van der Waals surface area contributed by atoms with Crippen molar-refractivity contribution in [3.8, 4) is 5.88 Å². The van der Waals surface area contributed by atoms with E-state index in [-0.39, 0.29) is 23.8 Å². The Labute approximate surface area is 133 Å². The van der Waals surface area contributed by atoms with Crippen LogP contribution in [-0.2, 0) is 6.54 Å². The molecule has 0 saturated heterocycles. The standard InChI is InChI=1S/C14H11F4N3O3/c15-10-2-3-12(21(22)23)11(5-10)19-6-9-1-4-13(20-7-9)24-8-14(16,17)18/h1-5,7,19H,6,8H2. The van der Waals surface area contributed by atoms with Gasteiger partial charge < -0.3 is 10.1 Å². The van der Waals surface area contributed by atoms with Gasteiger partial charge in [0.15, 0.2) is 6.61 Å². The molecule has 6 nitrogen and oxygen atoms in total. The minimum atomic E-state index is -4.46. The van der Waals surface area contributed by atoms with E-state index in [9.17, 15) is 27.7 Å². The highest BCUT2D eigenvalue weighted by Crippen LogP contribution is 2.25. The minimum Gasteiger partial charge on any atom is -0.468 e. The van der Waals surface area contributed by atoms with Gasteiger partial charge in [0.05, 0.1) is 4.92 Å². The number of halogens is 4. The molecule has 0 aliphatic heterocycles. The van der Waals surface area contributed by atoms with Crippen molar-refractivity contribution < 1.29 is 27.2 Å². The largest absolute Gasteiger partial charge is 0.468 e. The van der Waals surface area contributed by atoms with E-state index in [0.29, 0.717) is 5.56 Å². The van der Waals surface area contributed by atoms with E-state index in [1.165, 1.54) is 18.3 Å². The van der Waals surface area contributed by atoms with Crippen LogP contribution in [-0.4, -0.2) is 22.7 Å². The number of benzene rings is 1. The Hall–Kier alpha value is -2.91. The third kappa shape index (κ3) is 5.07. The molecule has 0 saturated carbocycles. The lowest BCUT2D eigenvalue weighted by Gasteiger charge is -2.10. The number of nitro groups is 1. The Balaban J connectivity index is 2.00. The zero-order valence-corrected chi connectivity index (χ0v) is 12.0. The molecule has 0 aliphatic carbocycles. The highest BCUT2D eigenvalue weighted by Gasteiger charge is 2.28. The van der Waals surface area contributed by atoms with Gasteiger partial charge in [-0.2, -0.15) is 13.2 Å². The van der Waals surface area contributed by atoms with Crippen LogP contribution in [0.2, 0.25) is 0 Å². The van der Waals surface area contributed by atoms with E-state index in [4.69, 9.17) is 0 Å². The summed E-state index contributed by atoms with van der Waals surface area (Å²) < 4.78 is 53.7. The Morgan fingerprint density at radius 3 is 2.58 bits per heavy atom. The zero-order valence-electron chi connectivity index (χ0n) is 12.0. The third-order valence-corrected chi connectivity index (χ3v) is 2.82. The van der Waals surface area contributed by atoms with Gasteiger partial charge in [-0.15, -0.1) is 0 Å². The number of nitrogens with one attached hydrogen (secondary N) is 1. The SMILES string of the molecule is O=[N+]([O-])c1ccc(F)cc1NCc1ccc(OCC(F)(F)F)nc1. The molecule has 0 spiro atoms. The van der Waals surface area contributed by atoms with E-state index in [1.54, 1.807) is 0 Å². The number of aromatic nitrogens is 1. The molecule has 1 aromatic heterocycles. The molecule has 2 aromatic rings. The summed E-state index contributed by atoms with van der Waals surface area (Å²) in [6.07, 6.45) is -3.21. The number of hydrogen-bond acceptors (Lipinski definition) is 5. The summed E-state index contributed by atoms with van der Waals surface area (Å²) in [5.74, 6) is -0.843. The van der Waals surface area contributed by atoms with E-state index >= 15 is 0 Å². The van der Waals surface area contributed by atoms with Crippen LogP contribution in [0.1, 0.15) is 5.56 Å². The molecule has 10 heteroatoms. The lowest BCUT2D eigenvalue weighted by atomic mass is 10.2. The first kappa shape index (κ1) is 17.4. The van der Waals surface area contributed by atoms with Crippen molar-refractivity contribution in [3.63, 3.8) is 0 Å². The Bertz CT molecular complexity index is 720. The molecule has 1 aromatic carbocycles. The number of anilines is 1. The van der Waals surface area contributed by atoms with Crippen molar-refractivity contribution in [1.82, 2.24) is 4.98 Å². The van der Waals surface area contributed by atoms with Gasteiger partial charge in [0.1, 0.15) is 11.5 Å².